The molecule has 1 rings (SSSR count). The van der Waals surface area contributed by atoms with Crippen LogP contribution in [0.2, 0.25) is 0 Å². The number of nitrogens with zero attached hydrogens (tertiary/aromatic N) is 1. The molecule has 3 N–H and O–H groups in total. The molecule has 96 valence electrons. The van der Waals surface area contributed by atoms with Crippen LogP contribution in [-0.2, 0) is 4.79 Å². The first-order valence-corrected chi connectivity index (χ1v) is 6.00. The highest BCUT2D eigenvalue weighted by Gasteiger charge is 2.16. The fourth-order valence-corrected chi connectivity index (χ4v) is 1.07. The van der Waals surface area contributed by atoms with E-state index in [-0.39, 0.29) is 11.8 Å². The van der Waals surface area contributed by atoms with Crippen LogP contribution in [0.4, 0.5) is 5.69 Å². The maximum Gasteiger partial charge on any atom is 0.241 e. The summed E-state index contributed by atoms with van der Waals surface area (Å²) < 4.78 is 0. The standard InChI is InChI=1S/C11H17N3O.C2H6/c1-7(2)10(12)11(15)14-9-5-4-8(3)13-6-9;1-2/h4-7,10H,12H2,1-3H3,(H,14,15);1-2H3. The summed E-state index contributed by atoms with van der Waals surface area (Å²) in [6, 6.07) is 3.18. The van der Waals surface area contributed by atoms with Crippen molar-refractivity contribution in [2.45, 2.75) is 40.7 Å². The Morgan fingerprint density at radius 1 is 1.35 bits per heavy atom. The number of nitrogens with two attached hydrogens (primary N) is 1. The van der Waals surface area contributed by atoms with Gasteiger partial charge in [-0.3, -0.25) is 9.78 Å². The van der Waals surface area contributed by atoms with E-state index in [0.29, 0.717) is 5.69 Å². The van der Waals surface area contributed by atoms with Crippen LogP contribution < -0.4 is 11.1 Å². The van der Waals surface area contributed by atoms with Crippen molar-refractivity contribution in [2.75, 3.05) is 5.32 Å². The Kier molecular flexibility index (Phi) is 7.14. The fraction of sp³-hybridized carbons (Fsp3) is 0.538. The van der Waals surface area contributed by atoms with E-state index in [2.05, 4.69) is 10.3 Å². The lowest BCUT2D eigenvalue weighted by atomic mass is 10.1. The van der Waals surface area contributed by atoms with Crippen molar-refractivity contribution in [2.24, 2.45) is 11.7 Å². The van der Waals surface area contributed by atoms with E-state index in [4.69, 9.17) is 5.73 Å². The molecule has 1 atom stereocenters. The molecule has 17 heavy (non-hydrogen) atoms. The van der Waals surface area contributed by atoms with Crippen LogP contribution in [-0.4, -0.2) is 16.9 Å². The molecule has 4 nitrogen and oxygen atoms in total. The van der Waals surface area contributed by atoms with Gasteiger partial charge in [-0.2, -0.15) is 0 Å². The van der Waals surface area contributed by atoms with Gasteiger partial charge in [-0.25, -0.2) is 0 Å². The molecule has 0 bridgehead atoms. The molecular weight excluding hydrogens is 214 g/mol. The molecule has 1 aromatic heterocycles. The Morgan fingerprint density at radius 2 is 1.94 bits per heavy atom. The van der Waals surface area contributed by atoms with Crippen LogP contribution in [0.3, 0.4) is 0 Å². The molecule has 0 saturated carbocycles. The number of nitrogens with one attached hydrogen (secondary N) is 1. The summed E-state index contributed by atoms with van der Waals surface area (Å²) in [6.07, 6.45) is 1.63. The molecule has 0 aliphatic carbocycles. The summed E-state index contributed by atoms with van der Waals surface area (Å²) >= 11 is 0. The normalized spacial score (nSPS) is 11.5. The first kappa shape index (κ1) is 15.6. The Balaban J connectivity index is 0.00000121. The van der Waals surface area contributed by atoms with Crippen molar-refractivity contribution in [3.63, 3.8) is 0 Å². The first-order chi connectivity index (χ1) is 8.00. The first-order valence-electron chi connectivity index (χ1n) is 6.00. The fourth-order valence-electron chi connectivity index (χ4n) is 1.07. The number of carbonyl (C=O) groups is 1. The highest BCUT2D eigenvalue weighted by Crippen LogP contribution is 2.07. The van der Waals surface area contributed by atoms with E-state index in [9.17, 15) is 4.79 Å². The zero-order valence-electron chi connectivity index (χ0n) is 11.3. The summed E-state index contributed by atoms with van der Waals surface area (Å²) in [4.78, 5) is 15.7. The van der Waals surface area contributed by atoms with Gasteiger partial charge in [-0.05, 0) is 25.0 Å². The monoisotopic (exact) mass is 237 g/mol. The van der Waals surface area contributed by atoms with E-state index in [1.54, 1.807) is 6.20 Å². The highest BCUT2D eigenvalue weighted by molar-refractivity contribution is 5.94. The molecule has 0 saturated heterocycles. The molecule has 0 aliphatic rings. The van der Waals surface area contributed by atoms with Gasteiger partial charge >= 0.3 is 0 Å². The van der Waals surface area contributed by atoms with Crippen molar-refractivity contribution in [3.8, 4) is 0 Å². The van der Waals surface area contributed by atoms with Crippen LogP contribution in [0.15, 0.2) is 18.3 Å². The number of aryl methyl sites for hydroxylation is 1. The average molecular weight is 237 g/mol. The lowest BCUT2D eigenvalue weighted by molar-refractivity contribution is -0.118. The summed E-state index contributed by atoms with van der Waals surface area (Å²) in [6.45, 7) is 9.72. The number of aromatic nitrogens is 1. The van der Waals surface area contributed by atoms with Crippen LogP contribution in [0, 0.1) is 12.8 Å². The lowest BCUT2D eigenvalue weighted by Gasteiger charge is -2.15. The molecule has 1 amide bonds. The summed E-state index contributed by atoms with van der Waals surface area (Å²) in [7, 11) is 0. The van der Waals surface area contributed by atoms with E-state index in [0.717, 1.165) is 5.69 Å². The molecule has 0 aromatic carbocycles. The van der Waals surface area contributed by atoms with Gasteiger partial charge in [0.05, 0.1) is 17.9 Å². The van der Waals surface area contributed by atoms with E-state index >= 15 is 0 Å². The zero-order valence-corrected chi connectivity index (χ0v) is 11.3. The lowest BCUT2D eigenvalue weighted by Crippen LogP contribution is -2.39. The molecule has 1 heterocycles. The molecule has 1 aromatic rings. The number of hydrogen-bond donors (Lipinski definition) is 2. The maximum absolute atomic E-state index is 11.6. The second-order valence-corrected chi connectivity index (χ2v) is 3.95. The van der Waals surface area contributed by atoms with Gasteiger partial charge in [0.25, 0.3) is 0 Å². The summed E-state index contributed by atoms with van der Waals surface area (Å²) in [5, 5.41) is 2.72. The van der Waals surface area contributed by atoms with Crippen LogP contribution >= 0.6 is 0 Å². The topological polar surface area (TPSA) is 68.0 Å². The Bertz CT molecular complexity index is 333. The third kappa shape index (κ3) is 5.45. The Morgan fingerprint density at radius 3 is 2.35 bits per heavy atom. The van der Waals surface area contributed by atoms with Crippen molar-refractivity contribution < 1.29 is 4.79 Å². The second kappa shape index (κ2) is 7.79. The SMILES string of the molecule is CC.Cc1ccc(NC(=O)C(N)C(C)C)cn1. The van der Waals surface area contributed by atoms with Gasteiger partial charge in [0, 0.05) is 5.69 Å². The van der Waals surface area contributed by atoms with E-state index in [1.807, 2.05) is 46.8 Å². The van der Waals surface area contributed by atoms with E-state index in [1.165, 1.54) is 0 Å². The number of carbonyl (C=O) groups excluding carboxylic acids is 1. The van der Waals surface area contributed by atoms with Gasteiger partial charge in [0.15, 0.2) is 0 Å². The van der Waals surface area contributed by atoms with Gasteiger partial charge in [0.2, 0.25) is 5.91 Å². The molecule has 4 heteroatoms. The zero-order chi connectivity index (χ0) is 13.4. The maximum atomic E-state index is 11.6. The predicted molar refractivity (Wildman–Crippen MR) is 71.8 cm³/mol. The minimum atomic E-state index is -0.480. The molecule has 0 aliphatic heterocycles. The molecular formula is C13H23N3O. The number of anilines is 1. The summed E-state index contributed by atoms with van der Waals surface area (Å²) in [5.74, 6) is -0.0425. The predicted octanol–water partition coefficient (Wildman–Crippen LogP) is 2.34. The largest absolute Gasteiger partial charge is 0.323 e. The smallest absolute Gasteiger partial charge is 0.241 e. The number of hydrogen-bond acceptors (Lipinski definition) is 3. The van der Waals surface area contributed by atoms with Crippen LogP contribution in [0.25, 0.3) is 0 Å². The van der Waals surface area contributed by atoms with Crippen molar-refractivity contribution in [3.05, 3.63) is 24.0 Å². The van der Waals surface area contributed by atoms with Crippen molar-refractivity contribution in [1.82, 2.24) is 4.98 Å². The third-order valence-corrected chi connectivity index (χ3v) is 2.20. The third-order valence-electron chi connectivity index (χ3n) is 2.20. The second-order valence-electron chi connectivity index (χ2n) is 3.95. The van der Waals surface area contributed by atoms with Crippen molar-refractivity contribution in [1.29, 1.82) is 0 Å². The summed E-state index contributed by atoms with van der Waals surface area (Å²) in [5.41, 5.74) is 7.31. The van der Waals surface area contributed by atoms with Gasteiger partial charge < -0.3 is 11.1 Å². The van der Waals surface area contributed by atoms with E-state index < -0.39 is 6.04 Å². The quantitative estimate of drug-likeness (QED) is 0.847. The number of pyridine rings is 1. The Labute approximate surface area is 104 Å². The van der Waals surface area contributed by atoms with Gasteiger partial charge in [-0.15, -0.1) is 0 Å². The average Bonchev–Trinajstić information content (AvgIpc) is 2.33. The minimum absolute atomic E-state index is 0.128. The van der Waals surface area contributed by atoms with Crippen LogP contribution in [0.5, 0.6) is 0 Å². The minimum Gasteiger partial charge on any atom is -0.323 e. The molecule has 1 unspecified atom stereocenters. The molecule has 0 fully saturated rings. The highest BCUT2D eigenvalue weighted by atomic mass is 16.2. The molecule has 0 radical (unpaired) electrons. The van der Waals surface area contributed by atoms with Gasteiger partial charge in [-0.1, -0.05) is 27.7 Å². The van der Waals surface area contributed by atoms with Crippen molar-refractivity contribution >= 4 is 11.6 Å². The number of rotatable bonds is 3. The van der Waals surface area contributed by atoms with Crippen LogP contribution in [0.1, 0.15) is 33.4 Å². The molecule has 0 spiro atoms. The van der Waals surface area contributed by atoms with Gasteiger partial charge in [0.1, 0.15) is 0 Å². The number of amides is 1. The Hall–Kier alpha value is -1.42.